The van der Waals surface area contributed by atoms with Crippen LogP contribution < -0.4 is 0 Å². The number of nitro groups is 3. The smallest absolute Gasteiger partial charge is 0.258 e. The summed E-state index contributed by atoms with van der Waals surface area (Å²) >= 11 is 0. The summed E-state index contributed by atoms with van der Waals surface area (Å²) in [6.45, 7) is 5.21. The molecular weight excluding hydrogens is 390 g/mol. The van der Waals surface area contributed by atoms with Crippen LogP contribution in [0.1, 0.15) is 16.7 Å². The highest BCUT2D eigenvalue weighted by molar-refractivity contribution is 5.86. The van der Waals surface area contributed by atoms with E-state index in [1.165, 1.54) is 36.4 Å². The van der Waals surface area contributed by atoms with Crippen molar-refractivity contribution in [2.24, 2.45) is 0 Å². The molecule has 0 saturated heterocycles. The average molecular weight is 407 g/mol. The van der Waals surface area contributed by atoms with Crippen molar-refractivity contribution in [1.29, 1.82) is 0 Å². The molecule has 0 N–H and O–H groups in total. The topological polar surface area (TPSA) is 129 Å². The molecule has 0 amide bonds. The second kappa shape index (κ2) is 7.70. The van der Waals surface area contributed by atoms with Crippen molar-refractivity contribution in [3.05, 3.63) is 95.6 Å². The summed E-state index contributed by atoms with van der Waals surface area (Å²) in [5.41, 5.74) is 2.60. The first-order chi connectivity index (χ1) is 14.1. The van der Waals surface area contributed by atoms with Crippen LogP contribution in [-0.4, -0.2) is 14.8 Å². The Morgan fingerprint density at radius 1 is 0.567 bits per heavy atom. The van der Waals surface area contributed by atoms with Gasteiger partial charge in [0.1, 0.15) is 0 Å². The first-order valence-electron chi connectivity index (χ1n) is 8.90. The Morgan fingerprint density at radius 3 is 1.77 bits per heavy atom. The molecule has 0 spiro atoms. The molecule has 0 bridgehead atoms. The minimum atomic E-state index is -0.600. The van der Waals surface area contributed by atoms with Crippen LogP contribution in [0.3, 0.4) is 0 Å². The van der Waals surface area contributed by atoms with Gasteiger partial charge in [-0.1, -0.05) is 17.7 Å². The van der Waals surface area contributed by atoms with Crippen LogP contribution in [0.15, 0.2) is 48.5 Å². The van der Waals surface area contributed by atoms with E-state index in [4.69, 9.17) is 0 Å². The molecule has 3 aromatic carbocycles. The van der Waals surface area contributed by atoms with Crippen molar-refractivity contribution in [3.8, 4) is 22.3 Å². The number of nitro benzene ring substituents is 3. The molecule has 3 aromatic rings. The Labute approximate surface area is 171 Å². The fraction of sp³-hybridized carbons (Fsp3) is 0.143. The number of aryl methyl sites for hydroxylation is 3. The number of non-ortho nitro benzene ring substituents is 1. The molecule has 0 saturated carbocycles. The van der Waals surface area contributed by atoms with Crippen LogP contribution in [0.4, 0.5) is 17.1 Å². The minimum Gasteiger partial charge on any atom is -0.258 e. The summed E-state index contributed by atoms with van der Waals surface area (Å²) in [7, 11) is 0. The van der Waals surface area contributed by atoms with Gasteiger partial charge in [0.15, 0.2) is 0 Å². The van der Waals surface area contributed by atoms with Gasteiger partial charge in [-0.05, 0) is 55.2 Å². The molecule has 30 heavy (non-hydrogen) atoms. The Morgan fingerprint density at radius 2 is 1.17 bits per heavy atom. The maximum atomic E-state index is 11.8. The molecular formula is C21H17N3O6. The zero-order valence-electron chi connectivity index (χ0n) is 16.4. The molecule has 9 nitrogen and oxygen atoms in total. The van der Waals surface area contributed by atoms with E-state index in [-0.39, 0.29) is 28.2 Å². The third kappa shape index (κ3) is 3.72. The van der Waals surface area contributed by atoms with E-state index in [0.717, 1.165) is 5.56 Å². The van der Waals surface area contributed by atoms with E-state index >= 15 is 0 Å². The van der Waals surface area contributed by atoms with Crippen LogP contribution >= 0.6 is 0 Å². The van der Waals surface area contributed by atoms with Crippen molar-refractivity contribution < 1.29 is 14.8 Å². The van der Waals surface area contributed by atoms with Gasteiger partial charge in [-0.3, -0.25) is 30.3 Å². The van der Waals surface area contributed by atoms with Crippen LogP contribution in [0.2, 0.25) is 0 Å². The van der Waals surface area contributed by atoms with E-state index in [9.17, 15) is 30.3 Å². The van der Waals surface area contributed by atoms with Gasteiger partial charge >= 0.3 is 0 Å². The molecule has 0 fully saturated rings. The summed E-state index contributed by atoms with van der Waals surface area (Å²) in [5, 5.41) is 34.5. The van der Waals surface area contributed by atoms with Gasteiger partial charge in [0, 0.05) is 24.3 Å². The van der Waals surface area contributed by atoms with E-state index in [0.29, 0.717) is 22.3 Å². The van der Waals surface area contributed by atoms with Gasteiger partial charge in [0.2, 0.25) is 0 Å². The van der Waals surface area contributed by atoms with Gasteiger partial charge in [-0.25, -0.2) is 0 Å². The highest BCUT2D eigenvalue weighted by Crippen LogP contribution is 2.41. The molecule has 152 valence electrons. The lowest BCUT2D eigenvalue weighted by Gasteiger charge is -2.13. The molecule has 0 aliphatic heterocycles. The summed E-state index contributed by atoms with van der Waals surface area (Å²) in [4.78, 5) is 32.8. The van der Waals surface area contributed by atoms with Gasteiger partial charge in [-0.2, -0.15) is 0 Å². The van der Waals surface area contributed by atoms with Gasteiger partial charge < -0.3 is 0 Å². The number of benzene rings is 3. The van der Waals surface area contributed by atoms with Crippen molar-refractivity contribution in [3.63, 3.8) is 0 Å². The predicted octanol–water partition coefficient (Wildman–Crippen LogP) is 5.67. The predicted molar refractivity (Wildman–Crippen MR) is 111 cm³/mol. The quantitative estimate of drug-likeness (QED) is 0.396. The van der Waals surface area contributed by atoms with Crippen molar-refractivity contribution in [1.82, 2.24) is 0 Å². The molecule has 0 heterocycles. The normalized spacial score (nSPS) is 10.6. The van der Waals surface area contributed by atoms with Crippen LogP contribution in [0.25, 0.3) is 22.3 Å². The molecule has 0 unspecified atom stereocenters. The first-order valence-corrected chi connectivity index (χ1v) is 8.90. The number of hydrogen-bond donors (Lipinski definition) is 0. The lowest BCUT2D eigenvalue weighted by molar-refractivity contribution is -0.386. The monoisotopic (exact) mass is 407 g/mol. The molecule has 9 heteroatoms. The zero-order valence-corrected chi connectivity index (χ0v) is 16.4. The van der Waals surface area contributed by atoms with E-state index in [2.05, 4.69) is 0 Å². The van der Waals surface area contributed by atoms with Crippen LogP contribution in [-0.2, 0) is 0 Å². The van der Waals surface area contributed by atoms with Crippen LogP contribution in [0, 0.1) is 51.1 Å². The molecule has 0 radical (unpaired) electrons. The average Bonchev–Trinajstić information content (AvgIpc) is 2.67. The van der Waals surface area contributed by atoms with Crippen molar-refractivity contribution in [2.75, 3.05) is 0 Å². The SMILES string of the molecule is Cc1ccc([N+](=O)[O-])c(-c2cc(C)c(-c3cc([N+](=O)[O-])ccc3C)cc2[N+](=O)[O-])c1. The first kappa shape index (κ1) is 20.6. The number of rotatable bonds is 5. The third-order valence-corrected chi connectivity index (χ3v) is 4.90. The standard InChI is InChI=1S/C21H17N3O6/c1-12-4-7-20(23(27)28)18(8-12)19-9-14(3)17(11-21(19)24(29)30)16-10-15(22(25)26)6-5-13(16)2/h4-11H,1-3H3. The summed E-state index contributed by atoms with van der Waals surface area (Å²) in [5.74, 6) is 0. The maximum Gasteiger partial charge on any atom is 0.278 e. The minimum absolute atomic E-state index is 0.125. The Balaban J connectivity index is 2.33. The molecule has 0 aliphatic carbocycles. The fourth-order valence-electron chi connectivity index (χ4n) is 3.39. The highest BCUT2D eigenvalue weighted by Gasteiger charge is 2.25. The van der Waals surface area contributed by atoms with E-state index in [1.807, 2.05) is 0 Å². The summed E-state index contributed by atoms with van der Waals surface area (Å²) in [6.07, 6.45) is 0. The summed E-state index contributed by atoms with van der Waals surface area (Å²) < 4.78 is 0. The second-order valence-electron chi connectivity index (χ2n) is 6.98. The van der Waals surface area contributed by atoms with Crippen molar-refractivity contribution in [2.45, 2.75) is 20.8 Å². The molecule has 0 aliphatic rings. The molecule has 0 atom stereocenters. The fourth-order valence-corrected chi connectivity index (χ4v) is 3.39. The highest BCUT2D eigenvalue weighted by atomic mass is 16.6. The van der Waals surface area contributed by atoms with Gasteiger partial charge in [0.05, 0.1) is 25.9 Å². The largest absolute Gasteiger partial charge is 0.278 e. The van der Waals surface area contributed by atoms with Gasteiger partial charge in [-0.15, -0.1) is 0 Å². The third-order valence-electron chi connectivity index (χ3n) is 4.90. The van der Waals surface area contributed by atoms with Gasteiger partial charge in [0.25, 0.3) is 17.1 Å². The lowest BCUT2D eigenvalue weighted by atomic mass is 9.91. The number of nitrogens with zero attached hydrogens (tertiary/aromatic N) is 3. The Hall–Kier alpha value is -4.14. The van der Waals surface area contributed by atoms with E-state index in [1.54, 1.807) is 32.9 Å². The zero-order chi connectivity index (χ0) is 22.2. The summed E-state index contributed by atoms with van der Waals surface area (Å²) in [6, 6.07) is 11.6. The van der Waals surface area contributed by atoms with Crippen molar-refractivity contribution >= 4 is 17.1 Å². The lowest BCUT2D eigenvalue weighted by Crippen LogP contribution is -1.99. The second-order valence-corrected chi connectivity index (χ2v) is 6.98. The Kier molecular flexibility index (Phi) is 5.29. The molecule has 3 rings (SSSR count). The van der Waals surface area contributed by atoms with Crippen LogP contribution in [0.5, 0.6) is 0 Å². The van der Waals surface area contributed by atoms with E-state index < -0.39 is 14.8 Å². The maximum absolute atomic E-state index is 11.8. The number of hydrogen-bond acceptors (Lipinski definition) is 6. The Bertz CT molecular complexity index is 1220. The molecule has 0 aromatic heterocycles.